The van der Waals surface area contributed by atoms with Gasteiger partial charge in [0.05, 0.1) is 5.92 Å². The Labute approximate surface area is 121 Å². The van der Waals surface area contributed by atoms with Crippen LogP contribution in [0.3, 0.4) is 0 Å². The van der Waals surface area contributed by atoms with Gasteiger partial charge in [-0.25, -0.2) is 4.79 Å². The van der Waals surface area contributed by atoms with Crippen LogP contribution in [0.1, 0.15) is 41.0 Å². The number of carbonyl (C=O) groups excluding carboxylic acids is 1. The van der Waals surface area contributed by atoms with E-state index in [4.69, 9.17) is 5.73 Å². The van der Waals surface area contributed by atoms with Crippen molar-refractivity contribution in [3.8, 4) is 0 Å². The molecule has 0 fully saturated rings. The van der Waals surface area contributed by atoms with Gasteiger partial charge in [-0.05, 0) is 20.3 Å². The minimum absolute atomic E-state index is 0.248. The summed E-state index contributed by atoms with van der Waals surface area (Å²) in [6.07, 6.45) is 0.347. The Balaban J connectivity index is 4.79. The largest absolute Gasteiger partial charge is 0.480 e. The van der Waals surface area contributed by atoms with Gasteiger partial charge in [0.25, 0.3) is 0 Å². The van der Waals surface area contributed by atoms with Crippen molar-refractivity contribution in [2.75, 3.05) is 0 Å². The van der Waals surface area contributed by atoms with Gasteiger partial charge in [-0.3, -0.25) is 4.79 Å². The molecule has 3 atom stereocenters. The molecule has 0 spiro atoms. The maximum absolute atomic E-state index is 12.0. The summed E-state index contributed by atoms with van der Waals surface area (Å²) in [4.78, 5) is 23.3. The maximum atomic E-state index is 12.0. The zero-order valence-electron chi connectivity index (χ0n) is 12.2. The van der Waals surface area contributed by atoms with Gasteiger partial charge in [-0.1, -0.05) is 29.2 Å². The van der Waals surface area contributed by atoms with Crippen molar-refractivity contribution < 1.29 is 14.7 Å². The Kier molecular flexibility index (Phi) is 6.79. The highest BCUT2D eigenvalue weighted by Crippen LogP contribution is 2.34. The molecule has 0 aromatic carbocycles. The van der Waals surface area contributed by atoms with Gasteiger partial charge in [0.2, 0.25) is 5.91 Å². The van der Waals surface area contributed by atoms with Crippen molar-refractivity contribution >= 4 is 31.7 Å². The first kappa shape index (κ1) is 18.7. The fourth-order valence-electron chi connectivity index (χ4n) is 1.37. The number of carboxylic acid groups (broad SMARTS) is 1. The first-order chi connectivity index (χ1) is 8.40. The van der Waals surface area contributed by atoms with Crippen molar-refractivity contribution in [1.82, 2.24) is 5.32 Å². The molecule has 0 bridgehead atoms. The Morgan fingerprint density at radius 3 is 2.16 bits per heavy atom. The second-order valence-corrected chi connectivity index (χ2v) is 8.07. The smallest absolute Gasteiger partial charge is 0.326 e. The molecule has 1 unspecified atom stereocenters. The number of nitrogens with two attached hydrogens (primary N) is 1. The number of carboxylic acids is 1. The summed E-state index contributed by atoms with van der Waals surface area (Å²) in [5, 5.41) is 11.8. The fraction of sp³-hybridized carbons (Fsp3) is 0.833. The van der Waals surface area contributed by atoms with E-state index in [0.29, 0.717) is 6.42 Å². The minimum atomic E-state index is -1.03. The van der Waals surface area contributed by atoms with Crippen LogP contribution < -0.4 is 11.1 Å². The zero-order chi connectivity index (χ0) is 15.4. The van der Waals surface area contributed by atoms with E-state index in [1.165, 1.54) is 11.4 Å². The second kappa shape index (κ2) is 6.91. The number of amides is 1. The molecule has 0 aliphatic carbocycles. The van der Waals surface area contributed by atoms with Crippen molar-refractivity contribution in [3.63, 3.8) is 0 Å². The predicted molar refractivity (Wildman–Crippen MR) is 83.0 cm³/mol. The van der Waals surface area contributed by atoms with Crippen LogP contribution in [0.4, 0.5) is 0 Å². The van der Waals surface area contributed by atoms with E-state index >= 15 is 0 Å². The van der Waals surface area contributed by atoms with E-state index in [1.54, 1.807) is 20.8 Å². The maximum Gasteiger partial charge on any atom is 0.326 e. The molecule has 0 aliphatic rings. The van der Waals surface area contributed by atoms with Crippen LogP contribution in [-0.2, 0) is 9.59 Å². The number of aliphatic carboxylic acids is 1. The van der Waals surface area contributed by atoms with Crippen LogP contribution in [0.5, 0.6) is 0 Å². The van der Waals surface area contributed by atoms with Crippen LogP contribution in [-0.4, -0.2) is 33.3 Å². The average Bonchev–Trinajstić information content (AvgIpc) is 2.25. The number of hydrogen-bond acceptors (Lipinski definition) is 4. The van der Waals surface area contributed by atoms with Crippen LogP contribution in [0.15, 0.2) is 0 Å². The summed E-state index contributed by atoms with van der Waals surface area (Å²) < 4.78 is -0.248. The molecular formula is C12H25N2O3PS. The van der Waals surface area contributed by atoms with Gasteiger partial charge >= 0.3 is 5.97 Å². The molecule has 5 nitrogen and oxygen atoms in total. The van der Waals surface area contributed by atoms with Gasteiger partial charge in [-0.2, -0.15) is 0 Å². The lowest BCUT2D eigenvalue weighted by Crippen LogP contribution is -2.52. The van der Waals surface area contributed by atoms with Crippen molar-refractivity contribution in [2.45, 2.75) is 57.4 Å². The number of rotatable bonds is 7. The molecule has 0 aromatic heterocycles. The molecule has 0 saturated carbocycles. The quantitative estimate of drug-likeness (QED) is 0.622. The molecular weight excluding hydrogens is 283 g/mol. The molecule has 19 heavy (non-hydrogen) atoms. The summed E-state index contributed by atoms with van der Waals surface area (Å²) >= 11 is 1.49. The summed E-state index contributed by atoms with van der Waals surface area (Å²) in [5.41, 5.74) is 5.19. The van der Waals surface area contributed by atoms with E-state index < -0.39 is 23.5 Å². The van der Waals surface area contributed by atoms with Gasteiger partial charge in [0.1, 0.15) is 6.04 Å². The van der Waals surface area contributed by atoms with E-state index in [0.717, 1.165) is 0 Å². The standard InChI is InChI=1S/C12H25N2O3PS/c1-7(12(4,5)13)9(15)14-8(10(16)17)6-11(2,3)19-18/h7-8H,6,13,18H2,1-5H3,(H,14,15)(H,16,17)/t7-,8-/m0/s1. The third kappa shape index (κ3) is 6.59. The third-order valence-electron chi connectivity index (χ3n) is 3.14. The van der Waals surface area contributed by atoms with E-state index in [2.05, 4.69) is 13.8 Å². The van der Waals surface area contributed by atoms with Crippen molar-refractivity contribution in [2.24, 2.45) is 11.7 Å². The van der Waals surface area contributed by atoms with Crippen LogP contribution in [0.25, 0.3) is 0 Å². The lowest BCUT2D eigenvalue weighted by atomic mass is 9.89. The minimum Gasteiger partial charge on any atom is -0.480 e. The Morgan fingerprint density at radius 1 is 1.37 bits per heavy atom. The molecule has 0 rings (SSSR count). The highest BCUT2D eigenvalue weighted by atomic mass is 32.7. The number of carbonyl (C=O) groups is 2. The lowest BCUT2D eigenvalue weighted by molar-refractivity contribution is -0.143. The average molecular weight is 308 g/mol. The molecule has 0 radical (unpaired) electrons. The highest BCUT2D eigenvalue weighted by molar-refractivity contribution is 8.44. The summed E-state index contributed by atoms with van der Waals surface area (Å²) in [5.74, 6) is -1.81. The molecule has 7 heteroatoms. The first-order valence-corrected chi connectivity index (χ1v) is 8.40. The normalized spacial score (nSPS) is 15.7. The first-order valence-electron chi connectivity index (χ1n) is 6.10. The fourth-order valence-corrected chi connectivity index (χ4v) is 1.93. The molecule has 0 saturated heterocycles. The molecule has 0 aliphatic heterocycles. The van der Waals surface area contributed by atoms with E-state index in [1.807, 2.05) is 13.8 Å². The zero-order valence-corrected chi connectivity index (χ0v) is 14.2. The lowest BCUT2D eigenvalue weighted by Gasteiger charge is -2.30. The van der Waals surface area contributed by atoms with Crippen molar-refractivity contribution in [1.29, 1.82) is 0 Å². The van der Waals surface area contributed by atoms with Gasteiger partial charge in [0.15, 0.2) is 0 Å². The third-order valence-corrected chi connectivity index (χ3v) is 5.86. The Morgan fingerprint density at radius 2 is 1.84 bits per heavy atom. The van der Waals surface area contributed by atoms with Gasteiger partial charge in [0, 0.05) is 10.3 Å². The highest BCUT2D eigenvalue weighted by Gasteiger charge is 2.33. The van der Waals surface area contributed by atoms with Crippen LogP contribution in [0, 0.1) is 5.92 Å². The van der Waals surface area contributed by atoms with E-state index in [-0.39, 0.29) is 10.7 Å². The molecule has 112 valence electrons. The van der Waals surface area contributed by atoms with E-state index in [9.17, 15) is 14.7 Å². The number of nitrogens with one attached hydrogen (secondary N) is 1. The monoisotopic (exact) mass is 308 g/mol. The summed E-state index contributed by atoms with van der Waals surface area (Å²) in [6, 6.07) is -0.902. The molecule has 0 aromatic rings. The topological polar surface area (TPSA) is 92.4 Å². The predicted octanol–water partition coefficient (Wildman–Crippen LogP) is 1.62. The summed E-state index contributed by atoms with van der Waals surface area (Å²) in [6.45, 7) is 9.06. The molecule has 0 heterocycles. The molecule has 1 amide bonds. The van der Waals surface area contributed by atoms with Crippen molar-refractivity contribution in [3.05, 3.63) is 0 Å². The van der Waals surface area contributed by atoms with Crippen LogP contribution >= 0.6 is 19.8 Å². The Hall–Kier alpha value is -0.320. The Bertz CT molecular complexity index is 342. The van der Waals surface area contributed by atoms with Gasteiger partial charge in [-0.15, -0.1) is 11.4 Å². The second-order valence-electron chi connectivity index (χ2n) is 6.02. The van der Waals surface area contributed by atoms with Crippen LogP contribution in [0.2, 0.25) is 0 Å². The molecule has 4 N–H and O–H groups in total. The van der Waals surface area contributed by atoms with Gasteiger partial charge < -0.3 is 16.2 Å². The summed E-state index contributed by atoms with van der Waals surface area (Å²) in [7, 11) is 2.52. The number of hydrogen-bond donors (Lipinski definition) is 3. The SMILES string of the molecule is C[C@@H](C(=O)N[C@@H](CC(C)(C)SP)C(=O)O)C(C)(C)N.